The van der Waals surface area contributed by atoms with E-state index in [2.05, 4.69) is 37.7 Å². The minimum absolute atomic E-state index is 0.0733. The molecular weight excluding hydrogens is 1100 g/mol. The number of rotatable bonds is 13. The number of benzene rings is 2. The number of carbonyl (C=O) groups excluding carboxylic acids is 3. The van der Waals surface area contributed by atoms with E-state index in [4.69, 9.17) is 16.7 Å². The van der Waals surface area contributed by atoms with Crippen LogP contribution in [0.3, 0.4) is 0 Å². The third-order valence-corrected chi connectivity index (χ3v) is 16.3. The van der Waals surface area contributed by atoms with E-state index in [1.165, 1.54) is 13.8 Å². The van der Waals surface area contributed by atoms with Crippen LogP contribution in [0.25, 0.3) is 22.0 Å². The van der Waals surface area contributed by atoms with Crippen molar-refractivity contribution in [1.82, 2.24) is 35.2 Å². The summed E-state index contributed by atoms with van der Waals surface area (Å²) in [5.41, 5.74) is -6.14. The van der Waals surface area contributed by atoms with E-state index in [1.54, 1.807) is 0 Å². The standard InChI is InChI=1S/C46H39ClF10N8O9S2/c1-43(2,75(3,71)72)10-9-24-5-6-26(27-7-8-30(47)34-36(27)64(19-44(50,51)52)62-39(34)65(76(4,73)74)41(68)21-14-25(15-21)59-40(67)42(69)70)35(58-24)31(13-20-11-22(48)16-23(49)12-20)60-32(66)18-63-38-33(37(61-63)46(55,56)57)28-17-29(28)45(38,53)54/h5-8,11-12,16,21,25,28-29,31H,13-15,17-19H2,1-4H3,(H,59,67)(H,60,66)(H,69,70)/t21?,25?,28-,29?,31-/m0/s1. The smallest absolute Gasteiger partial charge is 0.435 e. The topological polar surface area (TPSA) is 233 Å². The van der Waals surface area contributed by atoms with Gasteiger partial charge in [-0.25, -0.2) is 35.4 Å². The van der Waals surface area contributed by atoms with Crippen LogP contribution >= 0.6 is 11.6 Å². The molecule has 3 aromatic heterocycles. The Morgan fingerprint density at radius 2 is 1.55 bits per heavy atom. The number of nitrogens with zero attached hydrogens (tertiary/aromatic N) is 6. The molecule has 3 amide bonds. The molecule has 406 valence electrons. The molecule has 3 atom stereocenters. The van der Waals surface area contributed by atoms with E-state index >= 15 is 8.78 Å². The second-order valence-corrected chi connectivity index (χ2v) is 23.8. The molecule has 17 nitrogen and oxygen atoms in total. The Balaban J connectivity index is 1.33. The number of aromatic nitrogens is 5. The Kier molecular flexibility index (Phi) is 13.9. The van der Waals surface area contributed by atoms with Gasteiger partial charge in [-0.05, 0) is 87.3 Å². The van der Waals surface area contributed by atoms with E-state index in [1.807, 2.05) is 0 Å². The first-order valence-corrected chi connectivity index (χ1v) is 26.5. The third kappa shape index (κ3) is 10.8. The van der Waals surface area contributed by atoms with Crippen molar-refractivity contribution in [2.75, 3.05) is 16.8 Å². The summed E-state index contributed by atoms with van der Waals surface area (Å²) in [6.45, 7) is -0.908. The Bertz CT molecular complexity index is 3570. The first-order chi connectivity index (χ1) is 35.0. The zero-order valence-corrected chi connectivity index (χ0v) is 41.9. The van der Waals surface area contributed by atoms with Gasteiger partial charge in [0.1, 0.15) is 40.9 Å². The average Bonchev–Trinajstić information content (AvgIpc) is 3.77. The lowest BCUT2D eigenvalue weighted by molar-refractivity contribution is -0.151. The van der Waals surface area contributed by atoms with Crippen LogP contribution in [0.4, 0.5) is 49.7 Å². The zero-order chi connectivity index (χ0) is 56.2. The van der Waals surface area contributed by atoms with E-state index in [0.717, 1.165) is 42.7 Å². The second kappa shape index (κ2) is 19.0. The fourth-order valence-corrected chi connectivity index (χ4v) is 10.6. The van der Waals surface area contributed by atoms with Crippen LogP contribution in [0.1, 0.15) is 79.0 Å². The highest BCUT2D eigenvalue weighted by Crippen LogP contribution is 2.68. The molecule has 2 aromatic carbocycles. The summed E-state index contributed by atoms with van der Waals surface area (Å²) in [5, 5.41) is 19.7. The van der Waals surface area contributed by atoms with Gasteiger partial charge in [-0.3, -0.25) is 23.7 Å². The first kappa shape index (κ1) is 55.4. The lowest BCUT2D eigenvalue weighted by Gasteiger charge is -2.36. The minimum Gasteiger partial charge on any atom is -0.474 e. The number of pyridine rings is 1. The molecule has 76 heavy (non-hydrogen) atoms. The highest BCUT2D eigenvalue weighted by atomic mass is 35.5. The van der Waals surface area contributed by atoms with Gasteiger partial charge in [0.2, 0.25) is 21.8 Å². The van der Waals surface area contributed by atoms with Crippen LogP contribution in [-0.2, 0) is 70.6 Å². The number of sulfonamides is 1. The van der Waals surface area contributed by atoms with Crippen LogP contribution in [0.2, 0.25) is 5.02 Å². The van der Waals surface area contributed by atoms with Crippen molar-refractivity contribution in [3.63, 3.8) is 0 Å². The molecule has 2 saturated carbocycles. The van der Waals surface area contributed by atoms with Gasteiger partial charge >= 0.3 is 24.2 Å². The lowest BCUT2D eigenvalue weighted by atomic mass is 9.79. The number of aliphatic carboxylic acids is 1. The highest BCUT2D eigenvalue weighted by Gasteiger charge is 2.68. The molecule has 0 radical (unpaired) electrons. The molecule has 1 unspecified atom stereocenters. The number of sulfone groups is 1. The fraction of sp³-hybridized carbons (Fsp3) is 0.413. The molecule has 0 bridgehead atoms. The molecule has 0 aliphatic heterocycles. The normalized spacial score (nSPS) is 19.4. The van der Waals surface area contributed by atoms with Crippen molar-refractivity contribution in [3.8, 4) is 23.0 Å². The van der Waals surface area contributed by atoms with Crippen LogP contribution in [0, 0.1) is 35.3 Å². The van der Waals surface area contributed by atoms with Gasteiger partial charge in [-0.15, -0.1) is 0 Å². The van der Waals surface area contributed by atoms with Crippen molar-refractivity contribution >= 4 is 71.9 Å². The number of halogens is 11. The summed E-state index contributed by atoms with van der Waals surface area (Å²) in [7, 11) is -8.81. The van der Waals surface area contributed by atoms with E-state index in [9.17, 15) is 71.1 Å². The number of hydrogen-bond acceptors (Lipinski definition) is 11. The molecular formula is C46H39ClF10N8O9S2. The third-order valence-electron chi connectivity index (χ3n) is 13.0. The fourth-order valence-electron chi connectivity index (χ4n) is 9.18. The van der Waals surface area contributed by atoms with Crippen LogP contribution < -0.4 is 14.9 Å². The second-order valence-electron chi connectivity index (χ2n) is 19.0. The summed E-state index contributed by atoms with van der Waals surface area (Å²) in [6.07, 6.45) is -10.7. The molecule has 3 N–H and O–H groups in total. The van der Waals surface area contributed by atoms with Gasteiger partial charge in [0.25, 0.3) is 5.92 Å². The maximum Gasteiger partial charge on any atom is 0.435 e. The highest BCUT2D eigenvalue weighted by molar-refractivity contribution is 7.93. The Morgan fingerprint density at radius 3 is 2.13 bits per heavy atom. The number of alkyl halides is 8. The number of carbonyl (C=O) groups is 4. The molecule has 0 spiro atoms. The molecule has 0 saturated heterocycles. The molecule has 8 rings (SSSR count). The first-order valence-electron chi connectivity index (χ1n) is 22.3. The number of carboxylic acid groups (broad SMARTS) is 1. The number of hydrogen-bond donors (Lipinski definition) is 3. The van der Waals surface area contributed by atoms with Crippen LogP contribution in [0.15, 0.2) is 42.5 Å². The summed E-state index contributed by atoms with van der Waals surface area (Å²) in [4.78, 5) is 55.7. The van der Waals surface area contributed by atoms with Gasteiger partial charge in [0.15, 0.2) is 21.3 Å². The van der Waals surface area contributed by atoms with E-state index in [0.29, 0.717) is 12.3 Å². The van der Waals surface area contributed by atoms with Crippen LogP contribution in [-0.4, -0.2) is 99.7 Å². The number of nitrogens with one attached hydrogen (secondary N) is 2. The number of carboxylic acids is 1. The van der Waals surface area contributed by atoms with Gasteiger partial charge in [0, 0.05) is 46.9 Å². The van der Waals surface area contributed by atoms with Crippen molar-refractivity contribution in [3.05, 3.63) is 93.0 Å². The van der Waals surface area contributed by atoms with Gasteiger partial charge < -0.3 is 15.7 Å². The van der Waals surface area contributed by atoms with Crippen molar-refractivity contribution < 1.29 is 85.0 Å². The van der Waals surface area contributed by atoms with Gasteiger partial charge in [0.05, 0.1) is 33.9 Å². The largest absolute Gasteiger partial charge is 0.474 e. The number of anilines is 1. The Labute approximate surface area is 428 Å². The molecule has 5 aromatic rings. The van der Waals surface area contributed by atoms with Crippen molar-refractivity contribution in [1.29, 1.82) is 0 Å². The summed E-state index contributed by atoms with van der Waals surface area (Å²) in [6, 6.07) is 3.64. The zero-order valence-electron chi connectivity index (χ0n) is 39.5. The van der Waals surface area contributed by atoms with E-state index < -0.39 is 178 Å². The summed E-state index contributed by atoms with van der Waals surface area (Å²) < 4.78 is 199. The SMILES string of the molecule is CC(C)(C#Cc1ccc(-c2ccc(Cl)c3c(N(C(=O)C4CC(NC(=O)C(=O)O)C4)S(C)(=O)=O)nn(CC(F)(F)F)c23)c([C@H](Cc2cc(F)cc(F)c2)NC(=O)Cn2nc(C(F)(F)F)c3c2C(F)(F)C2C[C@H]32)n1)S(C)(=O)=O. The quantitative estimate of drug-likeness (QED) is 0.0646. The molecule has 3 aliphatic carbocycles. The maximum absolute atomic E-state index is 15.6. The lowest BCUT2D eigenvalue weighted by Crippen LogP contribution is -2.52. The average molecular weight is 1140 g/mol. The van der Waals surface area contributed by atoms with Crippen LogP contribution in [0.5, 0.6) is 0 Å². The molecule has 30 heteroatoms. The maximum atomic E-state index is 15.6. The predicted octanol–water partition coefficient (Wildman–Crippen LogP) is 6.56. The van der Waals surface area contributed by atoms with Gasteiger partial charge in [-0.2, -0.15) is 49.6 Å². The van der Waals surface area contributed by atoms with Crippen molar-refractivity contribution in [2.24, 2.45) is 11.8 Å². The summed E-state index contributed by atoms with van der Waals surface area (Å²) in [5.74, 6) is -12.1. The van der Waals surface area contributed by atoms with Crippen molar-refractivity contribution in [2.45, 2.75) is 93.6 Å². The monoisotopic (exact) mass is 1140 g/mol. The van der Waals surface area contributed by atoms with Gasteiger partial charge in [-0.1, -0.05) is 23.6 Å². The predicted molar refractivity (Wildman–Crippen MR) is 247 cm³/mol. The minimum atomic E-state index is -5.24. The Hall–Kier alpha value is -6.80. The molecule has 2 fully saturated rings. The van der Waals surface area contributed by atoms with E-state index in [-0.39, 0.29) is 49.8 Å². The number of fused-ring (bicyclic) bond motifs is 4. The molecule has 3 aliphatic rings. The molecule has 3 heterocycles. The number of amides is 3. The Morgan fingerprint density at radius 1 is 0.921 bits per heavy atom. The summed E-state index contributed by atoms with van der Waals surface area (Å²) >= 11 is 6.66.